The Labute approximate surface area is 78.8 Å². The van der Waals surface area contributed by atoms with Gasteiger partial charge in [0.25, 0.3) is 0 Å². The number of rotatable bonds is 7. The molecule has 0 saturated carbocycles. The van der Waals surface area contributed by atoms with E-state index in [1.807, 2.05) is 0 Å². The molecule has 2 N–H and O–H groups in total. The van der Waals surface area contributed by atoms with Gasteiger partial charge < -0.3 is 19.9 Å². The lowest BCUT2D eigenvalue weighted by Crippen LogP contribution is -2.46. The topological polar surface area (TPSA) is 73.6 Å². The second kappa shape index (κ2) is 6.28. The predicted molar refractivity (Wildman–Crippen MR) is 46.5 cm³/mol. The molecule has 5 nitrogen and oxygen atoms in total. The quantitative estimate of drug-likeness (QED) is 0.581. The monoisotopic (exact) mass is 192 g/mol. The van der Waals surface area contributed by atoms with Gasteiger partial charge in [-0.25, -0.2) is 0 Å². The van der Waals surface area contributed by atoms with E-state index in [1.54, 1.807) is 0 Å². The van der Waals surface area contributed by atoms with Crippen molar-refractivity contribution in [2.75, 3.05) is 27.9 Å². The van der Waals surface area contributed by atoms with Crippen molar-refractivity contribution in [3.63, 3.8) is 0 Å². The van der Waals surface area contributed by atoms with Crippen LogP contribution < -0.4 is 5.73 Å². The highest BCUT2D eigenvalue weighted by Crippen LogP contribution is 2.20. The van der Waals surface area contributed by atoms with Crippen LogP contribution in [0.25, 0.3) is 0 Å². The molecule has 0 aliphatic rings. The van der Waals surface area contributed by atoms with Crippen molar-refractivity contribution in [1.82, 2.24) is 0 Å². The average molecular weight is 192 g/mol. The number of ether oxygens (including phenoxy) is 3. The molecule has 0 aromatic carbocycles. The largest absolute Gasteiger partial charge is 0.373 e. The molecule has 0 rings (SSSR count). The van der Waals surface area contributed by atoms with Gasteiger partial charge in [-0.2, -0.15) is 5.11 Å². The van der Waals surface area contributed by atoms with Crippen LogP contribution in [-0.2, 0) is 19.3 Å². The van der Waals surface area contributed by atoms with Crippen LogP contribution in [0.4, 0.5) is 0 Å². The van der Waals surface area contributed by atoms with Crippen molar-refractivity contribution < 1.29 is 19.3 Å². The Bertz CT molecular complexity index is 127. The fourth-order valence-electron chi connectivity index (χ4n) is 1.09. The third-order valence-corrected chi connectivity index (χ3v) is 1.92. The number of hydrogen-bond donors (Lipinski definition) is 1. The molecule has 0 fully saturated rings. The van der Waals surface area contributed by atoms with Crippen molar-refractivity contribution in [2.24, 2.45) is 5.73 Å². The molecule has 0 amide bonds. The molecule has 0 bridgehead atoms. The average Bonchev–Trinajstić information content (AvgIpc) is 2.18. The molecule has 1 unspecified atom stereocenters. The Morgan fingerprint density at radius 1 is 1.31 bits per heavy atom. The third-order valence-electron chi connectivity index (χ3n) is 1.92. The Morgan fingerprint density at radius 3 is 2.15 bits per heavy atom. The van der Waals surface area contributed by atoms with Gasteiger partial charge in [0.1, 0.15) is 6.10 Å². The highest BCUT2D eigenvalue weighted by atomic mass is 16.8. The van der Waals surface area contributed by atoms with Crippen molar-refractivity contribution in [2.45, 2.75) is 24.9 Å². The lowest BCUT2D eigenvalue weighted by molar-refractivity contribution is -0.407. The standard InChI is InChI=1S/C8H18NO4/c1-11-7(5-4-6-9)8(10,12-2)13-3/h7H,4-6,9H2,1-3H3. The Kier molecular flexibility index (Phi) is 6.19. The molecule has 0 aromatic heterocycles. The normalized spacial score (nSPS) is 14.5. The van der Waals surface area contributed by atoms with Crippen molar-refractivity contribution in [3.05, 3.63) is 0 Å². The number of methoxy groups -OCH3 is 3. The molecular weight excluding hydrogens is 174 g/mol. The second-order valence-electron chi connectivity index (χ2n) is 2.67. The lowest BCUT2D eigenvalue weighted by Gasteiger charge is -2.29. The van der Waals surface area contributed by atoms with E-state index in [2.05, 4.69) is 0 Å². The first-order chi connectivity index (χ1) is 6.14. The molecular formula is C8H18NO4. The minimum Gasteiger partial charge on any atom is -0.373 e. The first-order valence-corrected chi connectivity index (χ1v) is 4.18. The summed E-state index contributed by atoms with van der Waals surface area (Å²) in [6, 6.07) is 0. The molecule has 1 radical (unpaired) electrons. The zero-order chi connectivity index (χ0) is 10.3. The van der Waals surface area contributed by atoms with Crippen molar-refractivity contribution >= 4 is 0 Å². The minimum atomic E-state index is -1.93. The Morgan fingerprint density at radius 2 is 1.85 bits per heavy atom. The van der Waals surface area contributed by atoms with Gasteiger partial charge in [-0.1, -0.05) is 0 Å². The molecule has 79 valence electrons. The number of hydrogen-bond acceptors (Lipinski definition) is 4. The molecule has 0 spiro atoms. The third kappa shape index (κ3) is 3.58. The first kappa shape index (κ1) is 12.8. The minimum absolute atomic E-state index is 0.517. The van der Waals surface area contributed by atoms with Gasteiger partial charge in [-0.15, -0.1) is 0 Å². The van der Waals surface area contributed by atoms with Crippen LogP contribution in [0.2, 0.25) is 0 Å². The smallest absolute Gasteiger partial charge is 0.338 e. The number of nitrogens with two attached hydrogens (primary N) is 1. The van der Waals surface area contributed by atoms with Gasteiger partial charge in [-0.3, -0.25) is 0 Å². The van der Waals surface area contributed by atoms with Crippen LogP contribution in [0, 0.1) is 0 Å². The van der Waals surface area contributed by atoms with Gasteiger partial charge in [0.2, 0.25) is 0 Å². The Balaban J connectivity index is 4.16. The van der Waals surface area contributed by atoms with Crippen LogP contribution in [-0.4, -0.2) is 40.0 Å². The fourth-order valence-corrected chi connectivity index (χ4v) is 1.09. The highest BCUT2D eigenvalue weighted by Gasteiger charge is 2.39. The SMILES string of the molecule is COC(CCCN)C([O])(OC)OC. The van der Waals surface area contributed by atoms with E-state index in [9.17, 15) is 5.11 Å². The molecule has 0 aromatic rings. The fraction of sp³-hybridized carbons (Fsp3) is 1.00. The zero-order valence-electron chi connectivity index (χ0n) is 8.41. The van der Waals surface area contributed by atoms with Crippen LogP contribution in [0.15, 0.2) is 0 Å². The summed E-state index contributed by atoms with van der Waals surface area (Å²) in [6.07, 6.45) is 0.596. The van der Waals surface area contributed by atoms with E-state index in [1.165, 1.54) is 21.3 Å². The van der Waals surface area contributed by atoms with Gasteiger partial charge in [0.05, 0.1) is 0 Å². The van der Waals surface area contributed by atoms with Gasteiger partial charge in [0.15, 0.2) is 0 Å². The van der Waals surface area contributed by atoms with Gasteiger partial charge in [0, 0.05) is 21.3 Å². The van der Waals surface area contributed by atoms with Crippen LogP contribution in [0.3, 0.4) is 0 Å². The molecule has 5 heteroatoms. The predicted octanol–water partition coefficient (Wildman–Crippen LogP) is 0.117. The lowest BCUT2D eigenvalue weighted by atomic mass is 10.1. The van der Waals surface area contributed by atoms with Crippen LogP contribution >= 0.6 is 0 Å². The first-order valence-electron chi connectivity index (χ1n) is 4.18. The summed E-state index contributed by atoms with van der Waals surface area (Å²) in [6.45, 7) is 0.517. The van der Waals surface area contributed by atoms with Crippen molar-refractivity contribution in [1.29, 1.82) is 0 Å². The summed E-state index contributed by atoms with van der Waals surface area (Å²) in [5.74, 6) is -1.93. The molecule has 0 aliphatic heterocycles. The van der Waals surface area contributed by atoms with E-state index < -0.39 is 12.1 Å². The van der Waals surface area contributed by atoms with Gasteiger partial charge >= 0.3 is 5.97 Å². The van der Waals surface area contributed by atoms with E-state index in [0.29, 0.717) is 19.4 Å². The highest BCUT2D eigenvalue weighted by molar-refractivity contribution is 4.68. The van der Waals surface area contributed by atoms with E-state index in [0.717, 1.165) is 0 Å². The van der Waals surface area contributed by atoms with Crippen molar-refractivity contribution in [3.8, 4) is 0 Å². The van der Waals surface area contributed by atoms with Crippen LogP contribution in [0.5, 0.6) is 0 Å². The summed E-state index contributed by atoms with van der Waals surface area (Å²) in [5.41, 5.74) is 5.32. The Hall–Kier alpha value is -0.200. The maximum atomic E-state index is 11.7. The molecule has 1 atom stereocenters. The maximum absolute atomic E-state index is 11.7. The van der Waals surface area contributed by atoms with E-state index in [4.69, 9.17) is 19.9 Å². The molecule has 0 saturated heterocycles. The summed E-state index contributed by atoms with van der Waals surface area (Å²) in [7, 11) is 4.04. The summed E-state index contributed by atoms with van der Waals surface area (Å²) >= 11 is 0. The molecule has 0 heterocycles. The second-order valence-corrected chi connectivity index (χ2v) is 2.67. The van der Waals surface area contributed by atoms with Crippen LogP contribution in [0.1, 0.15) is 12.8 Å². The summed E-state index contributed by atoms with van der Waals surface area (Å²) in [5, 5.41) is 11.7. The van der Waals surface area contributed by atoms with Gasteiger partial charge in [-0.05, 0) is 19.4 Å². The van der Waals surface area contributed by atoms with E-state index >= 15 is 0 Å². The summed E-state index contributed by atoms with van der Waals surface area (Å²) in [4.78, 5) is 0. The zero-order valence-corrected chi connectivity index (χ0v) is 8.41. The van der Waals surface area contributed by atoms with E-state index in [-0.39, 0.29) is 0 Å². The maximum Gasteiger partial charge on any atom is 0.338 e. The summed E-state index contributed by atoms with van der Waals surface area (Å²) < 4.78 is 14.4. The molecule has 13 heavy (non-hydrogen) atoms. The molecule has 0 aliphatic carbocycles.